The fourth-order valence-electron chi connectivity index (χ4n) is 3.25. The van der Waals surface area contributed by atoms with Crippen molar-refractivity contribution >= 4 is 11.2 Å². The van der Waals surface area contributed by atoms with Gasteiger partial charge in [0.15, 0.2) is 11.5 Å². The maximum absolute atomic E-state index is 12.1. The number of hydrogen-bond donors (Lipinski definition) is 2. The first-order chi connectivity index (χ1) is 9.97. The average molecular weight is 292 g/mol. The zero-order valence-electron chi connectivity index (χ0n) is 12.8. The second-order valence-electron chi connectivity index (χ2n) is 6.22. The van der Waals surface area contributed by atoms with Crippen LogP contribution >= 0.6 is 0 Å². The third-order valence-corrected chi connectivity index (χ3v) is 4.43. The number of aryl methyl sites for hydroxylation is 1. The topological polar surface area (TPSA) is 77.1 Å². The van der Waals surface area contributed by atoms with Crippen molar-refractivity contribution in [2.75, 3.05) is 13.1 Å². The lowest BCUT2D eigenvalue weighted by Gasteiger charge is -2.26. The standard InChI is InChI=1S/C14H21N5O2/c1-9-5-4-6-19(7-9)8-10-15-11-12(16-10)17(2)14(21)18(3)13(11)20/h9H,4-8H2,1-3H3,(H,15,16)/p+1/t9-/m0/s1. The fourth-order valence-corrected chi connectivity index (χ4v) is 3.25. The highest BCUT2D eigenvalue weighted by atomic mass is 16.2. The van der Waals surface area contributed by atoms with Crippen molar-refractivity contribution in [2.24, 2.45) is 20.0 Å². The van der Waals surface area contributed by atoms with E-state index in [9.17, 15) is 9.59 Å². The van der Waals surface area contributed by atoms with Crippen molar-refractivity contribution in [3.63, 3.8) is 0 Å². The average Bonchev–Trinajstić information content (AvgIpc) is 2.87. The van der Waals surface area contributed by atoms with Gasteiger partial charge >= 0.3 is 5.69 Å². The minimum absolute atomic E-state index is 0.311. The SMILES string of the molecule is C[C@H]1CCC[NH+](Cc2nc3c([nH]2)c(=O)n(C)c(=O)n3C)C1. The van der Waals surface area contributed by atoms with Crippen LogP contribution in [0.2, 0.25) is 0 Å². The van der Waals surface area contributed by atoms with E-state index in [1.165, 1.54) is 29.4 Å². The van der Waals surface area contributed by atoms with Gasteiger partial charge in [0.1, 0.15) is 12.1 Å². The molecule has 21 heavy (non-hydrogen) atoms. The van der Waals surface area contributed by atoms with Crippen molar-refractivity contribution in [1.82, 2.24) is 19.1 Å². The molecule has 3 heterocycles. The zero-order chi connectivity index (χ0) is 15.1. The number of nitrogens with zero attached hydrogens (tertiary/aromatic N) is 3. The molecule has 1 unspecified atom stereocenters. The molecule has 0 bridgehead atoms. The van der Waals surface area contributed by atoms with Crippen molar-refractivity contribution in [3.8, 4) is 0 Å². The van der Waals surface area contributed by atoms with Gasteiger partial charge in [0.05, 0.1) is 13.1 Å². The number of fused-ring (bicyclic) bond motifs is 1. The van der Waals surface area contributed by atoms with Crippen molar-refractivity contribution < 1.29 is 4.90 Å². The Labute approximate surface area is 122 Å². The van der Waals surface area contributed by atoms with Gasteiger partial charge in [0.2, 0.25) is 0 Å². The quantitative estimate of drug-likeness (QED) is 0.728. The van der Waals surface area contributed by atoms with Gasteiger partial charge in [-0.3, -0.25) is 13.9 Å². The van der Waals surface area contributed by atoms with E-state index in [0.29, 0.717) is 11.2 Å². The van der Waals surface area contributed by atoms with E-state index >= 15 is 0 Å². The minimum Gasteiger partial charge on any atom is -0.331 e. The zero-order valence-corrected chi connectivity index (χ0v) is 12.8. The van der Waals surface area contributed by atoms with Crippen LogP contribution in [0.1, 0.15) is 25.6 Å². The summed E-state index contributed by atoms with van der Waals surface area (Å²) in [5.74, 6) is 1.52. The molecule has 1 fully saturated rings. The number of aromatic amines is 1. The number of piperidine rings is 1. The van der Waals surface area contributed by atoms with E-state index in [0.717, 1.165) is 35.9 Å². The number of nitrogens with one attached hydrogen (secondary N) is 2. The number of likely N-dealkylation sites (tertiary alicyclic amines) is 1. The maximum Gasteiger partial charge on any atom is 0.332 e. The monoisotopic (exact) mass is 292 g/mol. The molecular weight excluding hydrogens is 270 g/mol. The van der Waals surface area contributed by atoms with E-state index in [1.807, 2.05) is 0 Å². The lowest BCUT2D eigenvalue weighted by molar-refractivity contribution is -0.922. The summed E-state index contributed by atoms with van der Waals surface area (Å²) >= 11 is 0. The molecule has 1 saturated heterocycles. The molecule has 0 aliphatic carbocycles. The molecule has 2 N–H and O–H groups in total. The Morgan fingerprint density at radius 2 is 2.10 bits per heavy atom. The summed E-state index contributed by atoms with van der Waals surface area (Å²) in [6.07, 6.45) is 2.52. The van der Waals surface area contributed by atoms with Gasteiger partial charge < -0.3 is 9.88 Å². The normalized spacial score (nSPS) is 22.8. The Bertz CT molecular complexity index is 785. The Balaban J connectivity index is 1.98. The number of rotatable bonds is 2. The summed E-state index contributed by atoms with van der Waals surface area (Å²) in [5, 5.41) is 0. The molecule has 3 rings (SSSR count). The van der Waals surface area contributed by atoms with Crippen LogP contribution in [0.3, 0.4) is 0 Å². The summed E-state index contributed by atoms with van der Waals surface area (Å²) in [6.45, 7) is 5.32. The van der Waals surface area contributed by atoms with Crippen LogP contribution in [0, 0.1) is 5.92 Å². The predicted octanol–water partition coefficient (Wildman–Crippen LogP) is -1.22. The summed E-state index contributed by atoms with van der Waals surface area (Å²) in [7, 11) is 3.13. The Kier molecular flexibility index (Phi) is 3.44. The molecule has 0 radical (unpaired) electrons. The van der Waals surface area contributed by atoms with Gasteiger partial charge in [0, 0.05) is 20.0 Å². The highest BCUT2D eigenvalue weighted by Gasteiger charge is 2.22. The third kappa shape index (κ3) is 2.42. The first kappa shape index (κ1) is 14.1. The Morgan fingerprint density at radius 3 is 2.81 bits per heavy atom. The van der Waals surface area contributed by atoms with Gasteiger partial charge in [-0.1, -0.05) is 6.92 Å². The molecule has 0 saturated carbocycles. The summed E-state index contributed by atoms with van der Waals surface area (Å²) < 4.78 is 2.53. The highest BCUT2D eigenvalue weighted by Crippen LogP contribution is 2.07. The number of aromatic nitrogens is 4. The number of hydrogen-bond acceptors (Lipinski definition) is 3. The lowest BCUT2D eigenvalue weighted by Crippen LogP contribution is -3.12. The van der Waals surface area contributed by atoms with E-state index in [-0.39, 0.29) is 11.2 Å². The summed E-state index contributed by atoms with van der Waals surface area (Å²) in [6, 6.07) is 0. The summed E-state index contributed by atoms with van der Waals surface area (Å²) in [4.78, 5) is 33.1. The lowest BCUT2D eigenvalue weighted by atomic mass is 10.0. The molecule has 7 nitrogen and oxygen atoms in total. The van der Waals surface area contributed by atoms with Crippen LogP contribution < -0.4 is 16.1 Å². The molecule has 0 aromatic carbocycles. The number of quaternary nitrogens is 1. The van der Waals surface area contributed by atoms with Crippen molar-refractivity contribution in [1.29, 1.82) is 0 Å². The second kappa shape index (κ2) is 5.14. The first-order valence-electron chi connectivity index (χ1n) is 7.45. The van der Waals surface area contributed by atoms with Crippen LogP contribution in [-0.4, -0.2) is 32.2 Å². The van der Waals surface area contributed by atoms with Crippen LogP contribution in [0.5, 0.6) is 0 Å². The maximum atomic E-state index is 12.1. The fraction of sp³-hybridized carbons (Fsp3) is 0.643. The van der Waals surface area contributed by atoms with Crippen LogP contribution in [0.4, 0.5) is 0 Å². The van der Waals surface area contributed by atoms with Crippen molar-refractivity contribution in [3.05, 3.63) is 26.7 Å². The van der Waals surface area contributed by atoms with Crippen LogP contribution in [0.15, 0.2) is 9.59 Å². The predicted molar refractivity (Wildman–Crippen MR) is 79.4 cm³/mol. The molecule has 2 atom stereocenters. The molecule has 7 heteroatoms. The van der Waals surface area contributed by atoms with Gasteiger partial charge in [-0.05, 0) is 12.8 Å². The van der Waals surface area contributed by atoms with Crippen LogP contribution in [-0.2, 0) is 20.6 Å². The highest BCUT2D eigenvalue weighted by molar-refractivity contribution is 5.69. The molecule has 2 aromatic rings. The van der Waals surface area contributed by atoms with Gasteiger partial charge in [-0.15, -0.1) is 0 Å². The third-order valence-electron chi connectivity index (χ3n) is 4.43. The smallest absolute Gasteiger partial charge is 0.331 e. The Morgan fingerprint density at radius 1 is 1.33 bits per heavy atom. The van der Waals surface area contributed by atoms with E-state index in [2.05, 4.69) is 16.9 Å². The number of imidazole rings is 1. The van der Waals surface area contributed by atoms with Crippen molar-refractivity contribution in [2.45, 2.75) is 26.3 Å². The van der Waals surface area contributed by atoms with E-state index in [4.69, 9.17) is 0 Å². The van der Waals surface area contributed by atoms with Gasteiger partial charge in [-0.25, -0.2) is 9.78 Å². The van der Waals surface area contributed by atoms with E-state index in [1.54, 1.807) is 7.05 Å². The molecule has 1 aliphatic rings. The van der Waals surface area contributed by atoms with E-state index < -0.39 is 0 Å². The molecule has 114 valence electrons. The number of H-pyrrole nitrogens is 1. The van der Waals surface area contributed by atoms with Crippen LogP contribution in [0.25, 0.3) is 11.2 Å². The van der Waals surface area contributed by atoms with Gasteiger partial charge in [0.25, 0.3) is 5.56 Å². The van der Waals surface area contributed by atoms with Gasteiger partial charge in [-0.2, -0.15) is 0 Å². The molecule has 0 amide bonds. The molecular formula is C14H22N5O2+. The Hall–Kier alpha value is -1.89. The summed E-state index contributed by atoms with van der Waals surface area (Å²) in [5.41, 5.74) is 0.208. The minimum atomic E-state index is -0.343. The largest absolute Gasteiger partial charge is 0.332 e. The molecule has 1 aliphatic heterocycles. The first-order valence-corrected chi connectivity index (χ1v) is 7.45. The molecule has 2 aromatic heterocycles. The second-order valence-corrected chi connectivity index (χ2v) is 6.22. The molecule has 0 spiro atoms.